The number of piperidine rings is 1. The largest absolute Gasteiger partial charge is 0.341 e. The molecule has 1 N–H and O–H groups in total. The number of hydrogen-bond donors (Lipinski definition) is 1. The van der Waals surface area contributed by atoms with E-state index in [1.807, 2.05) is 23.9 Å². The number of carbonyl (C=O) groups excluding carboxylic acids is 1. The summed E-state index contributed by atoms with van der Waals surface area (Å²) >= 11 is 3.53. The number of rotatable bonds is 8. The lowest BCUT2D eigenvalue weighted by Crippen LogP contribution is -2.32. The maximum Gasteiger partial charge on any atom is 0.234 e. The normalized spacial score (nSPS) is 19.8. The molecule has 1 aromatic carbocycles. The first-order chi connectivity index (χ1) is 15.8. The van der Waals surface area contributed by atoms with E-state index in [9.17, 15) is 4.79 Å². The Hall–Kier alpha value is -1.71. The number of aromatic nitrogens is 3. The molecule has 7 nitrogen and oxygen atoms in total. The van der Waals surface area contributed by atoms with Gasteiger partial charge in [-0.2, -0.15) is 11.8 Å². The van der Waals surface area contributed by atoms with Crippen molar-refractivity contribution in [1.29, 1.82) is 0 Å². The summed E-state index contributed by atoms with van der Waals surface area (Å²) in [6.07, 6.45) is 6.10. The Balaban J connectivity index is 1.17. The van der Waals surface area contributed by atoms with E-state index in [4.69, 9.17) is 0 Å². The van der Waals surface area contributed by atoms with Crippen molar-refractivity contribution in [3.63, 3.8) is 0 Å². The first kappa shape index (κ1) is 22.1. The van der Waals surface area contributed by atoms with E-state index in [1.165, 1.54) is 60.9 Å². The van der Waals surface area contributed by atoms with Crippen molar-refractivity contribution in [2.75, 3.05) is 53.7 Å². The van der Waals surface area contributed by atoms with Crippen LogP contribution < -0.4 is 10.2 Å². The van der Waals surface area contributed by atoms with Gasteiger partial charge in [-0.25, -0.2) is 0 Å². The van der Waals surface area contributed by atoms with Crippen molar-refractivity contribution in [1.82, 2.24) is 19.7 Å². The third-order valence-electron chi connectivity index (χ3n) is 6.25. The molecule has 3 heterocycles. The molecule has 3 aliphatic rings. The lowest BCUT2D eigenvalue weighted by atomic mass is 10.1. The van der Waals surface area contributed by atoms with Crippen molar-refractivity contribution >= 4 is 41.1 Å². The van der Waals surface area contributed by atoms with Gasteiger partial charge in [0.2, 0.25) is 11.9 Å². The summed E-state index contributed by atoms with van der Waals surface area (Å²) < 4.78 is 2.28. The first-order valence-corrected chi connectivity index (χ1v) is 13.9. The maximum atomic E-state index is 12.7. The van der Waals surface area contributed by atoms with Gasteiger partial charge in [0.05, 0.1) is 5.75 Å². The number of benzene rings is 1. The second-order valence-corrected chi connectivity index (χ2v) is 11.0. The lowest BCUT2D eigenvalue weighted by molar-refractivity contribution is -0.113. The van der Waals surface area contributed by atoms with E-state index in [0.717, 1.165) is 49.5 Å². The van der Waals surface area contributed by atoms with E-state index in [-0.39, 0.29) is 5.91 Å². The minimum Gasteiger partial charge on any atom is -0.341 e. The SMILES string of the molecule is O=C(CSc1nnc(N2CCCCC2)n1C1CC1)Nc1cccc(CN2CCSCC2)c1. The Morgan fingerprint density at radius 3 is 2.69 bits per heavy atom. The van der Waals surface area contributed by atoms with Crippen LogP contribution in [0.25, 0.3) is 0 Å². The van der Waals surface area contributed by atoms with Gasteiger partial charge in [0.15, 0.2) is 5.16 Å². The standard InChI is InChI=1S/C23H32N6OS2/c30-21(24-19-6-4-5-18(15-19)16-27-11-13-31-14-12-27)17-32-23-26-25-22(29(23)20-7-8-20)28-9-2-1-3-10-28/h4-6,15,20H,1-3,7-14,16-17H2,(H,24,30). The van der Waals surface area contributed by atoms with Crippen LogP contribution in [0.2, 0.25) is 0 Å². The number of hydrogen-bond acceptors (Lipinski definition) is 7. The molecule has 2 aromatic rings. The molecule has 9 heteroatoms. The van der Waals surface area contributed by atoms with Crippen molar-refractivity contribution in [3.8, 4) is 0 Å². The zero-order valence-electron chi connectivity index (χ0n) is 18.5. The summed E-state index contributed by atoms with van der Waals surface area (Å²) in [4.78, 5) is 17.5. The Labute approximate surface area is 198 Å². The maximum absolute atomic E-state index is 12.7. The van der Waals surface area contributed by atoms with Crippen LogP contribution in [-0.4, -0.2) is 69.0 Å². The van der Waals surface area contributed by atoms with Crippen LogP contribution in [0.4, 0.5) is 11.6 Å². The van der Waals surface area contributed by atoms with Crippen LogP contribution in [0.5, 0.6) is 0 Å². The molecular weight excluding hydrogens is 440 g/mol. The summed E-state index contributed by atoms with van der Waals surface area (Å²) in [6.45, 7) is 5.34. The van der Waals surface area contributed by atoms with Gasteiger partial charge in [-0.15, -0.1) is 10.2 Å². The Bertz CT molecular complexity index is 919. The van der Waals surface area contributed by atoms with Crippen molar-refractivity contribution in [3.05, 3.63) is 29.8 Å². The molecule has 32 heavy (non-hydrogen) atoms. The van der Waals surface area contributed by atoms with Crippen LogP contribution in [-0.2, 0) is 11.3 Å². The molecule has 0 spiro atoms. The van der Waals surface area contributed by atoms with Gasteiger partial charge in [0, 0.05) is 56.0 Å². The summed E-state index contributed by atoms with van der Waals surface area (Å²) in [7, 11) is 0. The summed E-state index contributed by atoms with van der Waals surface area (Å²) in [5.41, 5.74) is 2.12. The number of carbonyl (C=O) groups is 1. The van der Waals surface area contributed by atoms with E-state index < -0.39 is 0 Å². The molecule has 0 radical (unpaired) electrons. The topological polar surface area (TPSA) is 66.3 Å². The summed E-state index contributed by atoms with van der Waals surface area (Å²) in [5.74, 6) is 3.76. The number of anilines is 2. The highest BCUT2D eigenvalue weighted by atomic mass is 32.2. The highest BCUT2D eigenvalue weighted by Gasteiger charge is 2.32. The first-order valence-electron chi connectivity index (χ1n) is 11.8. The van der Waals surface area contributed by atoms with Crippen LogP contribution in [0, 0.1) is 0 Å². The number of thioether (sulfide) groups is 2. The van der Waals surface area contributed by atoms with Crippen molar-refractivity contribution in [2.24, 2.45) is 0 Å². The van der Waals surface area contributed by atoms with Crippen molar-refractivity contribution < 1.29 is 4.79 Å². The molecule has 172 valence electrons. The molecule has 2 saturated heterocycles. The Kier molecular flexibility index (Phi) is 7.24. The Morgan fingerprint density at radius 2 is 1.91 bits per heavy atom. The molecule has 1 aromatic heterocycles. The Morgan fingerprint density at radius 1 is 1.09 bits per heavy atom. The molecule has 0 atom stereocenters. The lowest BCUT2D eigenvalue weighted by Gasteiger charge is -2.27. The zero-order valence-corrected chi connectivity index (χ0v) is 20.2. The van der Waals surface area contributed by atoms with Gasteiger partial charge >= 0.3 is 0 Å². The third kappa shape index (κ3) is 5.61. The van der Waals surface area contributed by atoms with Gasteiger partial charge < -0.3 is 10.2 Å². The van der Waals surface area contributed by atoms with Gasteiger partial charge in [0.1, 0.15) is 0 Å². The number of nitrogens with one attached hydrogen (secondary N) is 1. The molecular formula is C23H32N6OS2. The van der Waals surface area contributed by atoms with Gasteiger partial charge in [-0.05, 0) is 49.8 Å². The molecule has 2 aliphatic heterocycles. The second-order valence-electron chi connectivity index (χ2n) is 8.86. The van der Waals surface area contributed by atoms with E-state index in [0.29, 0.717) is 11.8 Å². The molecule has 5 rings (SSSR count). The van der Waals surface area contributed by atoms with Crippen LogP contribution in [0.3, 0.4) is 0 Å². The third-order valence-corrected chi connectivity index (χ3v) is 8.14. The highest BCUT2D eigenvalue weighted by molar-refractivity contribution is 7.99. The molecule has 0 bridgehead atoms. The van der Waals surface area contributed by atoms with Gasteiger partial charge in [-0.3, -0.25) is 14.3 Å². The average Bonchev–Trinajstić information content (AvgIpc) is 3.58. The fourth-order valence-electron chi connectivity index (χ4n) is 4.42. The van der Waals surface area contributed by atoms with Gasteiger partial charge in [0.25, 0.3) is 0 Å². The van der Waals surface area contributed by atoms with Crippen LogP contribution in [0.1, 0.15) is 43.7 Å². The zero-order chi connectivity index (χ0) is 21.8. The number of nitrogens with zero attached hydrogens (tertiary/aromatic N) is 5. The molecule has 1 amide bonds. The average molecular weight is 473 g/mol. The molecule has 0 unspecified atom stereocenters. The van der Waals surface area contributed by atoms with Crippen LogP contribution in [0.15, 0.2) is 29.4 Å². The minimum absolute atomic E-state index is 0.00592. The monoisotopic (exact) mass is 472 g/mol. The van der Waals surface area contributed by atoms with Crippen molar-refractivity contribution in [2.45, 2.75) is 49.8 Å². The molecule has 1 saturated carbocycles. The van der Waals surface area contributed by atoms with Crippen LogP contribution >= 0.6 is 23.5 Å². The second kappa shape index (κ2) is 10.5. The smallest absolute Gasteiger partial charge is 0.234 e. The fraction of sp³-hybridized carbons (Fsp3) is 0.609. The van der Waals surface area contributed by atoms with E-state index in [2.05, 4.69) is 42.0 Å². The highest BCUT2D eigenvalue weighted by Crippen LogP contribution is 2.41. The minimum atomic E-state index is 0.00592. The summed E-state index contributed by atoms with van der Waals surface area (Å²) in [5, 5.41) is 12.9. The summed E-state index contributed by atoms with van der Waals surface area (Å²) in [6, 6.07) is 8.75. The van der Waals surface area contributed by atoms with E-state index in [1.54, 1.807) is 0 Å². The van der Waals surface area contributed by atoms with E-state index >= 15 is 0 Å². The number of amides is 1. The van der Waals surface area contributed by atoms with Gasteiger partial charge in [-0.1, -0.05) is 23.9 Å². The predicted octanol–water partition coefficient (Wildman–Crippen LogP) is 3.88. The predicted molar refractivity (Wildman–Crippen MR) is 133 cm³/mol. The molecule has 3 fully saturated rings. The quantitative estimate of drug-likeness (QED) is 0.585. The fourth-order valence-corrected chi connectivity index (χ4v) is 6.20. The molecule has 1 aliphatic carbocycles.